The van der Waals surface area contributed by atoms with E-state index in [-0.39, 0.29) is 5.38 Å². The first-order valence-corrected chi connectivity index (χ1v) is 7.35. The summed E-state index contributed by atoms with van der Waals surface area (Å²) in [5.41, 5.74) is 4.35. The molecule has 4 rings (SSSR count). The topological polar surface area (TPSA) is 28.9 Å². The molecule has 0 aliphatic heterocycles. The summed E-state index contributed by atoms with van der Waals surface area (Å²) in [6.45, 7) is 1.93. The van der Waals surface area contributed by atoms with Crippen LogP contribution < -0.4 is 0 Å². The lowest BCUT2D eigenvalue weighted by molar-refractivity contribution is 0.532. The molecule has 0 aliphatic carbocycles. The molecular weight excluding hydrogens is 282 g/mol. The van der Waals surface area contributed by atoms with Gasteiger partial charge in [0.25, 0.3) is 0 Å². The normalized spacial score (nSPS) is 13.0. The molecule has 1 unspecified atom stereocenters. The molecule has 1 N–H and O–H groups in total. The molecule has 0 amide bonds. The molecule has 0 spiro atoms. The molecule has 0 bridgehead atoms. The van der Waals surface area contributed by atoms with Gasteiger partial charge in [0.05, 0.1) is 11.6 Å². The molecule has 3 heteroatoms. The summed E-state index contributed by atoms with van der Waals surface area (Å²) in [5.74, 6) is 0.879. The van der Waals surface area contributed by atoms with Crippen LogP contribution in [0.2, 0.25) is 0 Å². The number of halogens is 1. The minimum absolute atomic E-state index is 0.194. The van der Waals surface area contributed by atoms with E-state index >= 15 is 0 Å². The largest absolute Gasteiger partial charge is 0.469 e. The number of furan rings is 1. The zero-order valence-corrected chi connectivity index (χ0v) is 12.3. The Bertz CT molecular complexity index is 935. The van der Waals surface area contributed by atoms with Gasteiger partial charge in [0.15, 0.2) is 0 Å². The first-order valence-electron chi connectivity index (χ1n) is 6.92. The zero-order valence-electron chi connectivity index (χ0n) is 11.6. The quantitative estimate of drug-likeness (QED) is 0.483. The predicted octanol–water partition coefficient (Wildman–Crippen LogP) is 5.55. The molecule has 0 fully saturated rings. The van der Waals surface area contributed by atoms with Crippen molar-refractivity contribution in [1.29, 1.82) is 0 Å². The van der Waals surface area contributed by atoms with Crippen LogP contribution in [0, 0.1) is 6.92 Å². The number of fused-ring (bicyclic) bond motifs is 3. The number of hydrogen-bond acceptors (Lipinski definition) is 1. The summed E-state index contributed by atoms with van der Waals surface area (Å²) in [7, 11) is 0. The molecule has 2 aromatic carbocycles. The van der Waals surface area contributed by atoms with Crippen LogP contribution in [0.3, 0.4) is 0 Å². The Hall–Kier alpha value is -2.19. The minimum Gasteiger partial charge on any atom is -0.469 e. The molecule has 2 aromatic heterocycles. The van der Waals surface area contributed by atoms with E-state index < -0.39 is 0 Å². The van der Waals surface area contributed by atoms with Crippen molar-refractivity contribution < 1.29 is 4.42 Å². The van der Waals surface area contributed by atoms with Crippen LogP contribution in [0.5, 0.6) is 0 Å². The Morgan fingerprint density at radius 3 is 2.57 bits per heavy atom. The fourth-order valence-corrected chi connectivity index (χ4v) is 3.06. The minimum atomic E-state index is -0.194. The SMILES string of the molecule is Cc1cc(C(Cl)c2ccc3[nH]c4ccccc4c3c2)co1. The lowest BCUT2D eigenvalue weighted by Crippen LogP contribution is -1.90. The number of aromatic amines is 1. The maximum atomic E-state index is 6.59. The van der Waals surface area contributed by atoms with Crippen molar-refractivity contribution in [2.24, 2.45) is 0 Å². The molecular formula is C18H14ClNO. The van der Waals surface area contributed by atoms with Gasteiger partial charge in [-0.2, -0.15) is 0 Å². The van der Waals surface area contributed by atoms with Crippen molar-refractivity contribution in [2.75, 3.05) is 0 Å². The lowest BCUT2D eigenvalue weighted by Gasteiger charge is -2.07. The summed E-state index contributed by atoms with van der Waals surface area (Å²) in [6.07, 6.45) is 1.73. The molecule has 4 aromatic rings. The van der Waals surface area contributed by atoms with Gasteiger partial charge in [-0.1, -0.05) is 24.3 Å². The third-order valence-corrected chi connectivity index (χ3v) is 4.37. The van der Waals surface area contributed by atoms with Crippen LogP contribution in [0.1, 0.15) is 22.3 Å². The van der Waals surface area contributed by atoms with Crippen molar-refractivity contribution in [3.05, 3.63) is 71.7 Å². The first-order chi connectivity index (χ1) is 10.2. The Kier molecular flexibility index (Phi) is 2.79. The van der Waals surface area contributed by atoms with Crippen molar-refractivity contribution >= 4 is 33.4 Å². The van der Waals surface area contributed by atoms with E-state index in [4.69, 9.17) is 16.0 Å². The van der Waals surface area contributed by atoms with Crippen LogP contribution in [0.25, 0.3) is 21.8 Å². The first kappa shape index (κ1) is 12.5. The molecule has 1 atom stereocenters. The molecule has 21 heavy (non-hydrogen) atoms. The highest BCUT2D eigenvalue weighted by Crippen LogP contribution is 2.34. The Morgan fingerprint density at radius 2 is 1.76 bits per heavy atom. The Morgan fingerprint density at radius 1 is 0.952 bits per heavy atom. The molecule has 0 aliphatic rings. The highest BCUT2D eigenvalue weighted by atomic mass is 35.5. The second-order valence-corrected chi connectivity index (χ2v) is 5.77. The van der Waals surface area contributed by atoms with Crippen molar-refractivity contribution in [3.63, 3.8) is 0 Å². The summed E-state index contributed by atoms with van der Waals surface area (Å²) < 4.78 is 5.36. The van der Waals surface area contributed by atoms with Crippen LogP contribution in [0.4, 0.5) is 0 Å². The third kappa shape index (κ3) is 2.03. The predicted molar refractivity (Wildman–Crippen MR) is 86.9 cm³/mol. The number of hydrogen-bond donors (Lipinski definition) is 1. The summed E-state index contributed by atoms with van der Waals surface area (Å²) in [4.78, 5) is 3.43. The van der Waals surface area contributed by atoms with E-state index in [0.717, 1.165) is 27.9 Å². The van der Waals surface area contributed by atoms with E-state index in [1.807, 2.05) is 19.1 Å². The Balaban J connectivity index is 1.88. The van der Waals surface area contributed by atoms with Gasteiger partial charge >= 0.3 is 0 Å². The second-order valence-electron chi connectivity index (χ2n) is 5.33. The molecule has 0 saturated carbocycles. The summed E-state index contributed by atoms with van der Waals surface area (Å²) in [5, 5.41) is 2.23. The molecule has 104 valence electrons. The van der Waals surface area contributed by atoms with Crippen LogP contribution in [-0.4, -0.2) is 4.98 Å². The van der Waals surface area contributed by atoms with E-state index in [0.29, 0.717) is 0 Å². The monoisotopic (exact) mass is 295 g/mol. The van der Waals surface area contributed by atoms with Gasteiger partial charge in [-0.25, -0.2) is 0 Å². The molecule has 2 nitrogen and oxygen atoms in total. The van der Waals surface area contributed by atoms with E-state index in [9.17, 15) is 0 Å². The summed E-state index contributed by atoms with van der Waals surface area (Å²) in [6, 6.07) is 16.6. The summed E-state index contributed by atoms with van der Waals surface area (Å²) >= 11 is 6.59. The van der Waals surface area contributed by atoms with Gasteiger partial charge < -0.3 is 9.40 Å². The maximum absolute atomic E-state index is 6.59. The smallest absolute Gasteiger partial charge is 0.101 e. The number of benzene rings is 2. The van der Waals surface area contributed by atoms with Gasteiger partial charge in [-0.3, -0.25) is 0 Å². The van der Waals surface area contributed by atoms with Crippen molar-refractivity contribution in [2.45, 2.75) is 12.3 Å². The van der Waals surface area contributed by atoms with Gasteiger partial charge in [-0.05, 0) is 36.8 Å². The number of nitrogens with one attached hydrogen (secondary N) is 1. The average molecular weight is 296 g/mol. The second kappa shape index (κ2) is 4.68. The number of para-hydroxylation sites is 1. The fraction of sp³-hybridized carbons (Fsp3) is 0.111. The number of rotatable bonds is 2. The van der Waals surface area contributed by atoms with Crippen molar-refractivity contribution in [1.82, 2.24) is 4.98 Å². The molecule has 0 radical (unpaired) electrons. The van der Waals surface area contributed by atoms with Gasteiger partial charge in [0.1, 0.15) is 5.76 Å². The third-order valence-electron chi connectivity index (χ3n) is 3.87. The number of aryl methyl sites for hydroxylation is 1. The van der Waals surface area contributed by atoms with Gasteiger partial charge in [0.2, 0.25) is 0 Å². The van der Waals surface area contributed by atoms with E-state index in [2.05, 4.69) is 41.4 Å². The average Bonchev–Trinajstić information content (AvgIpc) is 3.09. The molecule has 0 saturated heterocycles. The van der Waals surface area contributed by atoms with Crippen molar-refractivity contribution in [3.8, 4) is 0 Å². The Labute approximate surface area is 127 Å². The van der Waals surface area contributed by atoms with Crippen LogP contribution in [0.15, 0.2) is 59.2 Å². The maximum Gasteiger partial charge on any atom is 0.101 e. The van der Waals surface area contributed by atoms with Crippen LogP contribution >= 0.6 is 11.6 Å². The highest BCUT2D eigenvalue weighted by molar-refractivity contribution is 6.23. The highest BCUT2D eigenvalue weighted by Gasteiger charge is 2.14. The number of alkyl halides is 1. The fourth-order valence-electron chi connectivity index (χ4n) is 2.81. The van der Waals surface area contributed by atoms with E-state index in [1.54, 1.807) is 6.26 Å². The van der Waals surface area contributed by atoms with E-state index in [1.165, 1.54) is 10.8 Å². The van der Waals surface area contributed by atoms with Crippen LogP contribution in [-0.2, 0) is 0 Å². The molecule has 2 heterocycles. The van der Waals surface area contributed by atoms with Gasteiger partial charge in [-0.15, -0.1) is 11.6 Å². The lowest BCUT2D eigenvalue weighted by atomic mass is 10.0. The van der Waals surface area contributed by atoms with Gasteiger partial charge in [0, 0.05) is 27.4 Å². The number of aromatic nitrogens is 1. The standard InChI is InChI=1S/C18H14ClNO/c1-11-8-13(10-21-11)18(19)12-6-7-17-15(9-12)14-4-2-3-5-16(14)20-17/h2-10,18,20H,1H3. The number of H-pyrrole nitrogens is 1. The zero-order chi connectivity index (χ0) is 14.4.